The van der Waals surface area contributed by atoms with Gasteiger partial charge in [-0.15, -0.1) is 0 Å². The van der Waals surface area contributed by atoms with Crippen molar-refractivity contribution in [3.8, 4) is 0 Å². The van der Waals surface area contributed by atoms with E-state index >= 15 is 0 Å². The van der Waals surface area contributed by atoms with Gasteiger partial charge in [0.2, 0.25) is 0 Å². The van der Waals surface area contributed by atoms with Gasteiger partial charge in [-0.25, -0.2) is 0 Å². The summed E-state index contributed by atoms with van der Waals surface area (Å²) in [5, 5.41) is 7.69. The van der Waals surface area contributed by atoms with Gasteiger partial charge < -0.3 is 4.90 Å². The highest BCUT2D eigenvalue weighted by molar-refractivity contribution is 5.79. The van der Waals surface area contributed by atoms with E-state index in [1.165, 1.54) is 32.2 Å². The van der Waals surface area contributed by atoms with Crippen LogP contribution in [0.1, 0.15) is 32.1 Å². The molecule has 0 atom stereocenters. The quantitative estimate of drug-likeness (QED) is 0.642. The Balaban J connectivity index is 1.83. The molecule has 62 valence electrons. The zero-order chi connectivity index (χ0) is 7.68. The first-order chi connectivity index (χ1) is 5.36. The minimum absolute atomic E-state index is 0.892. The first-order valence-corrected chi connectivity index (χ1v) is 4.68. The van der Waals surface area contributed by atoms with Crippen molar-refractivity contribution in [1.29, 1.82) is 5.41 Å². The molecule has 1 saturated carbocycles. The second-order valence-electron chi connectivity index (χ2n) is 3.79. The summed E-state index contributed by atoms with van der Waals surface area (Å²) in [6.07, 6.45) is 6.37. The standard InChI is InChI=1S/C9H16N2/c10-9-3-1-2-6-11(9)7-8-4-5-8/h8,10H,1-7H2. The van der Waals surface area contributed by atoms with Gasteiger partial charge in [-0.2, -0.15) is 0 Å². The predicted molar refractivity (Wildman–Crippen MR) is 45.9 cm³/mol. The molecule has 2 rings (SSSR count). The number of nitrogens with one attached hydrogen (secondary N) is 1. The van der Waals surface area contributed by atoms with Crippen molar-refractivity contribution >= 4 is 5.84 Å². The molecule has 2 nitrogen and oxygen atoms in total. The van der Waals surface area contributed by atoms with Crippen molar-refractivity contribution < 1.29 is 0 Å². The molecule has 1 N–H and O–H groups in total. The van der Waals surface area contributed by atoms with Crippen LogP contribution in [0.2, 0.25) is 0 Å². The lowest BCUT2D eigenvalue weighted by Gasteiger charge is -2.29. The molecule has 0 radical (unpaired) electrons. The largest absolute Gasteiger partial charge is 0.360 e. The van der Waals surface area contributed by atoms with Crippen LogP contribution >= 0.6 is 0 Å². The molecule has 0 bridgehead atoms. The van der Waals surface area contributed by atoms with Crippen LogP contribution in [0.15, 0.2) is 0 Å². The molecule has 1 saturated heterocycles. The summed E-state index contributed by atoms with van der Waals surface area (Å²) in [5.41, 5.74) is 0. The summed E-state index contributed by atoms with van der Waals surface area (Å²) < 4.78 is 0. The Labute approximate surface area is 68.1 Å². The van der Waals surface area contributed by atoms with E-state index in [-0.39, 0.29) is 0 Å². The third-order valence-electron chi connectivity index (χ3n) is 2.65. The fourth-order valence-electron chi connectivity index (χ4n) is 1.70. The van der Waals surface area contributed by atoms with Crippen LogP contribution in [0.4, 0.5) is 0 Å². The zero-order valence-electron chi connectivity index (χ0n) is 6.97. The summed E-state index contributed by atoms with van der Waals surface area (Å²) in [6.45, 7) is 2.33. The van der Waals surface area contributed by atoms with Gasteiger partial charge in [-0.05, 0) is 31.6 Å². The van der Waals surface area contributed by atoms with Crippen molar-refractivity contribution in [3.63, 3.8) is 0 Å². The Morgan fingerprint density at radius 3 is 2.82 bits per heavy atom. The number of amidine groups is 1. The lowest BCUT2D eigenvalue weighted by atomic mass is 10.1. The molecule has 2 fully saturated rings. The van der Waals surface area contributed by atoms with E-state index in [0.717, 1.165) is 24.7 Å². The molecule has 11 heavy (non-hydrogen) atoms. The van der Waals surface area contributed by atoms with Gasteiger partial charge in [0.05, 0.1) is 5.84 Å². The highest BCUT2D eigenvalue weighted by Gasteiger charge is 2.26. The topological polar surface area (TPSA) is 27.1 Å². The zero-order valence-corrected chi connectivity index (χ0v) is 6.97. The lowest BCUT2D eigenvalue weighted by Crippen LogP contribution is -2.36. The first kappa shape index (κ1) is 7.14. The highest BCUT2D eigenvalue weighted by atomic mass is 15.2. The van der Waals surface area contributed by atoms with Crippen molar-refractivity contribution in [1.82, 2.24) is 4.90 Å². The van der Waals surface area contributed by atoms with E-state index in [0.29, 0.717) is 0 Å². The Hall–Kier alpha value is -0.530. The molecular formula is C9H16N2. The molecule has 0 aromatic heterocycles. The van der Waals surface area contributed by atoms with Crippen molar-refractivity contribution in [2.45, 2.75) is 32.1 Å². The fourth-order valence-corrected chi connectivity index (χ4v) is 1.70. The molecule has 0 unspecified atom stereocenters. The molecule has 1 aliphatic carbocycles. The third kappa shape index (κ3) is 1.73. The van der Waals surface area contributed by atoms with Crippen LogP contribution in [0.5, 0.6) is 0 Å². The van der Waals surface area contributed by atoms with Gasteiger partial charge in [0.15, 0.2) is 0 Å². The van der Waals surface area contributed by atoms with Crippen molar-refractivity contribution in [2.75, 3.05) is 13.1 Å². The van der Waals surface area contributed by atoms with Gasteiger partial charge in [0.25, 0.3) is 0 Å². The normalized spacial score (nSPS) is 25.8. The summed E-state index contributed by atoms with van der Waals surface area (Å²) in [6, 6.07) is 0. The third-order valence-corrected chi connectivity index (χ3v) is 2.65. The molecular weight excluding hydrogens is 136 g/mol. The van der Waals surface area contributed by atoms with Crippen LogP contribution in [0, 0.1) is 11.3 Å². The lowest BCUT2D eigenvalue weighted by molar-refractivity contribution is 0.353. The van der Waals surface area contributed by atoms with E-state index in [1.807, 2.05) is 0 Å². The maximum absolute atomic E-state index is 7.69. The fraction of sp³-hybridized carbons (Fsp3) is 0.889. The van der Waals surface area contributed by atoms with Gasteiger partial charge in [0, 0.05) is 19.5 Å². The average molecular weight is 152 g/mol. The smallest absolute Gasteiger partial charge is 0.0957 e. The SMILES string of the molecule is N=C1CCCCN1CC1CC1. The molecule has 1 heterocycles. The number of rotatable bonds is 2. The van der Waals surface area contributed by atoms with E-state index in [2.05, 4.69) is 4.90 Å². The Morgan fingerprint density at radius 2 is 2.18 bits per heavy atom. The van der Waals surface area contributed by atoms with E-state index in [4.69, 9.17) is 5.41 Å². The molecule has 0 amide bonds. The second kappa shape index (κ2) is 2.84. The summed E-state index contributed by atoms with van der Waals surface area (Å²) in [7, 11) is 0. The van der Waals surface area contributed by atoms with Crippen LogP contribution in [-0.4, -0.2) is 23.8 Å². The first-order valence-electron chi connectivity index (χ1n) is 4.68. The van der Waals surface area contributed by atoms with Crippen LogP contribution < -0.4 is 0 Å². The number of hydrogen-bond donors (Lipinski definition) is 1. The number of hydrogen-bond acceptors (Lipinski definition) is 1. The van der Waals surface area contributed by atoms with E-state index in [9.17, 15) is 0 Å². The number of nitrogens with zero attached hydrogens (tertiary/aromatic N) is 1. The van der Waals surface area contributed by atoms with Crippen LogP contribution in [-0.2, 0) is 0 Å². The van der Waals surface area contributed by atoms with Gasteiger partial charge in [0.1, 0.15) is 0 Å². The molecule has 2 aliphatic rings. The predicted octanol–water partition coefficient (Wildman–Crippen LogP) is 1.86. The minimum atomic E-state index is 0.892. The minimum Gasteiger partial charge on any atom is -0.360 e. The Bertz CT molecular complexity index is 161. The molecule has 0 aromatic carbocycles. The maximum atomic E-state index is 7.69. The number of piperidine rings is 1. The van der Waals surface area contributed by atoms with Crippen molar-refractivity contribution in [3.05, 3.63) is 0 Å². The Kier molecular flexibility index (Phi) is 1.84. The maximum Gasteiger partial charge on any atom is 0.0957 e. The van der Waals surface area contributed by atoms with Gasteiger partial charge in [-0.3, -0.25) is 5.41 Å². The van der Waals surface area contributed by atoms with E-state index in [1.54, 1.807) is 0 Å². The molecule has 0 aromatic rings. The van der Waals surface area contributed by atoms with Crippen LogP contribution in [0.3, 0.4) is 0 Å². The highest BCUT2D eigenvalue weighted by Crippen LogP contribution is 2.30. The van der Waals surface area contributed by atoms with Gasteiger partial charge >= 0.3 is 0 Å². The van der Waals surface area contributed by atoms with Crippen LogP contribution in [0.25, 0.3) is 0 Å². The summed E-state index contributed by atoms with van der Waals surface area (Å²) in [4.78, 5) is 2.28. The van der Waals surface area contributed by atoms with Crippen molar-refractivity contribution in [2.24, 2.45) is 5.92 Å². The average Bonchev–Trinajstić information content (AvgIpc) is 2.78. The molecule has 2 heteroatoms. The Morgan fingerprint density at radius 1 is 1.36 bits per heavy atom. The van der Waals surface area contributed by atoms with Gasteiger partial charge in [-0.1, -0.05) is 0 Å². The summed E-state index contributed by atoms with van der Waals surface area (Å²) >= 11 is 0. The monoisotopic (exact) mass is 152 g/mol. The number of likely N-dealkylation sites (tertiary alicyclic amines) is 1. The second-order valence-corrected chi connectivity index (χ2v) is 3.79. The molecule has 0 spiro atoms. The molecule has 1 aliphatic heterocycles. The van der Waals surface area contributed by atoms with E-state index < -0.39 is 0 Å². The summed E-state index contributed by atoms with van der Waals surface area (Å²) in [5.74, 6) is 1.83.